The molecule has 3 aromatic rings. The number of carbonyl (C=O) groups excluding carboxylic acids is 1. The van der Waals surface area contributed by atoms with Crippen LogP contribution in [-0.4, -0.2) is 22.5 Å². The van der Waals surface area contributed by atoms with E-state index in [9.17, 15) is 4.79 Å². The van der Waals surface area contributed by atoms with Crippen LogP contribution in [0.4, 0.5) is 11.5 Å². The van der Waals surface area contributed by atoms with Crippen LogP contribution in [0, 0.1) is 0 Å². The zero-order valence-electron chi connectivity index (χ0n) is 14.3. The molecule has 26 heavy (non-hydrogen) atoms. The maximum Gasteiger partial charge on any atom is 0.227 e. The topological polar surface area (TPSA) is 76.1 Å². The minimum absolute atomic E-state index is 0.114. The van der Waals surface area contributed by atoms with Gasteiger partial charge in [0, 0.05) is 6.20 Å². The third kappa shape index (κ3) is 5.59. The number of ether oxygens (including phenoxy) is 1. The van der Waals surface area contributed by atoms with Gasteiger partial charge in [0.25, 0.3) is 0 Å². The van der Waals surface area contributed by atoms with Crippen molar-refractivity contribution >= 4 is 17.4 Å². The van der Waals surface area contributed by atoms with Gasteiger partial charge in [-0.05, 0) is 36.4 Å². The molecule has 0 spiro atoms. The van der Waals surface area contributed by atoms with Gasteiger partial charge in [-0.25, -0.2) is 4.98 Å². The molecule has 6 nitrogen and oxygen atoms in total. The summed E-state index contributed by atoms with van der Waals surface area (Å²) in [7, 11) is 0. The molecule has 6 heteroatoms. The minimum atomic E-state index is -0.114. The van der Waals surface area contributed by atoms with Crippen molar-refractivity contribution < 1.29 is 9.53 Å². The number of hydrogen-bond acceptors (Lipinski definition) is 5. The maximum absolute atomic E-state index is 12.0. The second-order valence-corrected chi connectivity index (χ2v) is 5.57. The fourth-order valence-corrected chi connectivity index (χ4v) is 2.26. The lowest BCUT2D eigenvalue weighted by Gasteiger charge is -2.08. The highest BCUT2D eigenvalue weighted by molar-refractivity contribution is 5.90. The molecule has 0 unspecified atom stereocenters. The summed E-state index contributed by atoms with van der Waals surface area (Å²) in [6.45, 7) is 0.920. The van der Waals surface area contributed by atoms with Crippen LogP contribution < -0.4 is 15.4 Å². The van der Waals surface area contributed by atoms with E-state index in [0.717, 1.165) is 17.3 Å². The van der Waals surface area contributed by atoms with E-state index in [1.807, 2.05) is 60.7 Å². The van der Waals surface area contributed by atoms with E-state index in [-0.39, 0.29) is 12.3 Å². The van der Waals surface area contributed by atoms with Crippen molar-refractivity contribution in [3.8, 4) is 5.75 Å². The number of anilines is 2. The highest BCUT2D eigenvalue weighted by atomic mass is 16.5. The first-order chi connectivity index (χ1) is 12.8. The number of nitrogens with zero attached hydrogens (tertiary/aromatic N) is 2. The molecule has 1 aromatic carbocycles. The van der Waals surface area contributed by atoms with E-state index < -0.39 is 0 Å². The van der Waals surface area contributed by atoms with Crippen molar-refractivity contribution in [2.45, 2.75) is 13.0 Å². The number of carbonyl (C=O) groups is 1. The van der Waals surface area contributed by atoms with Gasteiger partial charge in [0.1, 0.15) is 11.6 Å². The number of hydrogen-bond donors (Lipinski definition) is 2. The molecule has 0 fully saturated rings. The van der Waals surface area contributed by atoms with E-state index >= 15 is 0 Å². The Morgan fingerprint density at radius 3 is 2.54 bits per heavy atom. The van der Waals surface area contributed by atoms with E-state index in [1.165, 1.54) is 0 Å². The number of amides is 1. The molecule has 2 heterocycles. The van der Waals surface area contributed by atoms with Crippen LogP contribution in [0.25, 0.3) is 0 Å². The van der Waals surface area contributed by atoms with Crippen LogP contribution in [0.3, 0.4) is 0 Å². The Bertz CT molecular complexity index is 808. The largest absolute Gasteiger partial charge is 0.493 e. The third-order valence-corrected chi connectivity index (χ3v) is 3.57. The van der Waals surface area contributed by atoms with Crippen molar-refractivity contribution in [2.75, 3.05) is 17.2 Å². The van der Waals surface area contributed by atoms with Gasteiger partial charge in [-0.2, -0.15) is 0 Å². The number of rotatable bonds is 8. The Morgan fingerprint density at radius 1 is 0.962 bits per heavy atom. The minimum Gasteiger partial charge on any atom is -0.493 e. The van der Waals surface area contributed by atoms with Crippen LogP contribution in [0.1, 0.15) is 12.1 Å². The molecule has 1 amide bonds. The summed E-state index contributed by atoms with van der Waals surface area (Å²) in [4.78, 5) is 20.5. The molecule has 0 atom stereocenters. The first-order valence-corrected chi connectivity index (χ1v) is 8.37. The monoisotopic (exact) mass is 348 g/mol. The Balaban J connectivity index is 1.41. The molecular weight excluding hydrogens is 328 g/mol. The standard InChI is InChI=1S/C20H20N4O2/c25-20(11-13-26-18-7-2-1-3-8-18)24-17-9-10-19(23-15-17)22-14-16-6-4-5-12-21-16/h1-10,12,15H,11,13-14H2,(H,22,23)(H,24,25). The molecule has 2 N–H and O–H groups in total. The van der Waals surface area contributed by atoms with Gasteiger partial charge in [-0.3, -0.25) is 9.78 Å². The van der Waals surface area contributed by atoms with Crippen LogP contribution in [0.2, 0.25) is 0 Å². The van der Waals surface area contributed by atoms with Crippen LogP contribution in [0.5, 0.6) is 5.75 Å². The van der Waals surface area contributed by atoms with Crippen molar-refractivity contribution in [1.82, 2.24) is 9.97 Å². The molecule has 2 aromatic heterocycles. The number of nitrogens with one attached hydrogen (secondary N) is 2. The van der Waals surface area contributed by atoms with Gasteiger partial charge in [-0.15, -0.1) is 0 Å². The van der Waals surface area contributed by atoms with Gasteiger partial charge < -0.3 is 15.4 Å². The fourth-order valence-electron chi connectivity index (χ4n) is 2.26. The average Bonchev–Trinajstić information content (AvgIpc) is 2.69. The molecule has 0 aliphatic carbocycles. The summed E-state index contributed by atoms with van der Waals surface area (Å²) < 4.78 is 5.52. The van der Waals surface area contributed by atoms with Crippen LogP contribution >= 0.6 is 0 Å². The lowest BCUT2D eigenvalue weighted by Crippen LogP contribution is -2.15. The molecule has 0 bridgehead atoms. The molecule has 0 aliphatic rings. The van der Waals surface area contributed by atoms with Gasteiger partial charge >= 0.3 is 0 Å². The van der Waals surface area contributed by atoms with E-state index in [1.54, 1.807) is 12.4 Å². The predicted octanol–water partition coefficient (Wildman–Crippen LogP) is 3.50. The smallest absolute Gasteiger partial charge is 0.227 e. The van der Waals surface area contributed by atoms with Gasteiger partial charge in [0.05, 0.1) is 37.2 Å². The Morgan fingerprint density at radius 2 is 1.81 bits per heavy atom. The molecule has 0 saturated heterocycles. The summed E-state index contributed by atoms with van der Waals surface area (Å²) in [5.41, 5.74) is 1.59. The van der Waals surface area contributed by atoms with Crippen molar-refractivity contribution in [3.05, 3.63) is 78.8 Å². The Kier molecular flexibility index (Phi) is 6.14. The third-order valence-electron chi connectivity index (χ3n) is 3.57. The first kappa shape index (κ1) is 17.4. The quantitative estimate of drug-likeness (QED) is 0.652. The van der Waals surface area contributed by atoms with Crippen LogP contribution in [0.15, 0.2) is 73.1 Å². The normalized spacial score (nSPS) is 10.2. The first-order valence-electron chi connectivity index (χ1n) is 8.37. The maximum atomic E-state index is 12.0. The van der Waals surface area contributed by atoms with E-state index in [0.29, 0.717) is 18.8 Å². The lowest BCUT2D eigenvalue weighted by atomic mass is 10.3. The number of aromatic nitrogens is 2. The highest BCUT2D eigenvalue weighted by Gasteiger charge is 2.04. The van der Waals surface area contributed by atoms with Gasteiger partial charge in [-0.1, -0.05) is 24.3 Å². The van der Waals surface area contributed by atoms with E-state index in [4.69, 9.17) is 4.74 Å². The van der Waals surface area contributed by atoms with Crippen LogP contribution in [-0.2, 0) is 11.3 Å². The zero-order chi connectivity index (χ0) is 18.0. The molecule has 0 radical (unpaired) electrons. The molecule has 0 aliphatic heterocycles. The second-order valence-electron chi connectivity index (χ2n) is 5.57. The van der Waals surface area contributed by atoms with Gasteiger partial charge in [0.2, 0.25) is 5.91 Å². The fraction of sp³-hybridized carbons (Fsp3) is 0.150. The van der Waals surface area contributed by atoms with Gasteiger partial charge in [0.15, 0.2) is 0 Å². The molecule has 3 rings (SSSR count). The molecule has 132 valence electrons. The highest BCUT2D eigenvalue weighted by Crippen LogP contribution is 2.12. The number of para-hydroxylation sites is 1. The van der Waals surface area contributed by atoms with Crippen molar-refractivity contribution in [1.29, 1.82) is 0 Å². The second kappa shape index (κ2) is 9.17. The summed E-state index contributed by atoms with van der Waals surface area (Å²) in [6.07, 6.45) is 3.65. The SMILES string of the molecule is O=C(CCOc1ccccc1)Nc1ccc(NCc2ccccn2)nc1. The summed E-state index contributed by atoms with van der Waals surface area (Å²) in [5, 5.41) is 6.00. The summed E-state index contributed by atoms with van der Waals surface area (Å²) in [5.74, 6) is 1.36. The predicted molar refractivity (Wildman–Crippen MR) is 101 cm³/mol. The number of pyridine rings is 2. The number of benzene rings is 1. The Labute approximate surface area is 152 Å². The van der Waals surface area contributed by atoms with E-state index in [2.05, 4.69) is 20.6 Å². The lowest BCUT2D eigenvalue weighted by molar-refractivity contribution is -0.116. The summed E-state index contributed by atoms with van der Waals surface area (Å²) >= 11 is 0. The molecule has 0 saturated carbocycles. The summed E-state index contributed by atoms with van der Waals surface area (Å²) in [6, 6.07) is 18.8. The Hall–Kier alpha value is -3.41. The average molecular weight is 348 g/mol. The van der Waals surface area contributed by atoms with Crippen molar-refractivity contribution in [2.24, 2.45) is 0 Å². The zero-order valence-corrected chi connectivity index (χ0v) is 14.3. The van der Waals surface area contributed by atoms with Crippen molar-refractivity contribution in [3.63, 3.8) is 0 Å². The molecular formula is C20H20N4O2.